The van der Waals surface area contributed by atoms with Crippen LogP contribution in [0.1, 0.15) is 20.3 Å². The van der Waals surface area contributed by atoms with Crippen molar-refractivity contribution in [3.05, 3.63) is 23.8 Å². The Morgan fingerprint density at radius 2 is 2.40 bits per heavy atom. The Kier molecular flexibility index (Phi) is 4.29. The van der Waals surface area contributed by atoms with E-state index in [0.29, 0.717) is 23.6 Å². The van der Waals surface area contributed by atoms with Gasteiger partial charge in [-0.05, 0) is 26.0 Å². The fourth-order valence-electron chi connectivity index (χ4n) is 1.78. The van der Waals surface area contributed by atoms with Gasteiger partial charge >= 0.3 is 5.97 Å². The molecule has 1 aliphatic heterocycles. The SMILES string of the molecule is CCOC(=O)CC(C)=NNC1N=C2C=CC=C2C(=O)N1. The second-order valence-corrected chi connectivity index (χ2v) is 4.29. The number of amides is 1. The normalized spacial score (nSPS) is 20.8. The molecule has 0 saturated carbocycles. The average molecular weight is 276 g/mol. The maximum Gasteiger partial charge on any atom is 0.311 e. The molecular weight excluding hydrogens is 260 g/mol. The maximum absolute atomic E-state index is 11.7. The molecule has 0 fully saturated rings. The van der Waals surface area contributed by atoms with Crippen molar-refractivity contribution in [3.8, 4) is 0 Å². The molecule has 1 heterocycles. The number of ether oxygens (including phenoxy) is 1. The van der Waals surface area contributed by atoms with Crippen LogP contribution in [0, 0.1) is 0 Å². The van der Waals surface area contributed by atoms with Gasteiger partial charge in [-0.1, -0.05) is 6.08 Å². The summed E-state index contributed by atoms with van der Waals surface area (Å²) in [5.41, 5.74) is 4.45. The largest absolute Gasteiger partial charge is 0.466 e. The zero-order chi connectivity index (χ0) is 14.5. The number of fused-ring (bicyclic) bond motifs is 1. The van der Waals surface area contributed by atoms with E-state index in [-0.39, 0.29) is 18.3 Å². The van der Waals surface area contributed by atoms with E-state index in [1.54, 1.807) is 32.1 Å². The maximum atomic E-state index is 11.7. The Labute approximate surface area is 116 Å². The molecule has 1 amide bonds. The molecule has 2 aliphatic rings. The van der Waals surface area contributed by atoms with Gasteiger partial charge in [0.05, 0.1) is 24.3 Å². The number of hydrazone groups is 1. The minimum Gasteiger partial charge on any atom is -0.466 e. The molecule has 1 unspecified atom stereocenters. The molecule has 20 heavy (non-hydrogen) atoms. The Balaban J connectivity index is 1.93. The number of rotatable bonds is 5. The first-order valence-electron chi connectivity index (χ1n) is 6.32. The van der Waals surface area contributed by atoms with Crippen LogP contribution in [0.25, 0.3) is 0 Å². The van der Waals surface area contributed by atoms with Gasteiger partial charge in [-0.25, -0.2) is 4.99 Å². The number of esters is 1. The molecule has 0 aromatic carbocycles. The number of hydrogen-bond acceptors (Lipinski definition) is 6. The van der Waals surface area contributed by atoms with Crippen molar-refractivity contribution in [3.63, 3.8) is 0 Å². The van der Waals surface area contributed by atoms with Crippen molar-refractivity contribution in [1.82, 2.24) is 10.7 Å². The molecule has 1 aliphatic carbocycles. The predicted octanol–water partition coefficient (Wildman–Crippen LogP) is 0.256. The van der Waals surface area contributed by atoms with Crippen molar-refractivity contribution in [2.75, 3.05) is 6.61 Å². The highest BCUT2D eigenvalue weighted by molar-refractivity contribution is 6.28. The topological polar surface area (TPSA) is 92.2 Å². The standard InChI is InChI=1S/C13H16N4O3/c1-3-20-11(18)7-8(2)16-17-13-14-10-6-4-5-9(10)12(19)15-13/h4-6,13,17H,3,7H2,1-2H3,(H,15,19). The molecule has 1 atom stereocenters. The lowest BCUT2D eigenvalue weighted by Gasteiger charge is -2.20. The van der Waals surface area contributed by atoms with E-state index in [2.05, 4.69) is 20.8 Å². The first-order valence-corrected chi connectivity index (χ1v) is 6.32. The van der Waals surface area contributed by atoms with Crippen LogP contribution < -0.4 is 10.7 Å². The fourth-order valence-corrected chi connectivity index (χ4v) is 1.78. The molecule has 0 radical (unpaired) electrons. The lowest BCUT2D eigenvalue weighted by molar-refractivity contribution is -0.141. The van der Waals surface area contributed by atoms with Crippen LogP contribution in [0.5, 0.6) is 0 Å². The van der Waals surface area contributed by atoms with E-state index in [1.807, 2.05) is 0 Å². The van der Waals surface area contributed by atoms with Crippen molar-refractivity contribution in [2.45, 2.75) is 26.6 Å². The van der Waals surface area contributed by atoms with Gasteiger partial charge in [-0.2, -0.15) is 5.10 Å². The van der Waals surface area contributed by atoms with Crippen LogP contribution >= 0.6 is 0 Å². The molecule has 0 bridgehead atoms. The van der Waals surface area contributed by atoms with E-state index in [4.69, 9.17) is 4.74 Å². The minimum atomic E-state index is -0.630. The third-order valence-electron chi connectivity index (χ3n) is 2.66. The van der Waals surface area contributed by atoms with E-state index in [9.17, 15) is 9.59 Å². The van der Waals surface area contributed by atoms with Gasteiger partial charge < -0.3 is 10.1 Å². The summed E-state index contributed by atoms with van der Waals surface area (Å²) in [7, 11) is 0. The predicted molar refractivity (Wildman–Crippen MR) is 74.1 cm³/mol. The Morgan fingerprint density at radius 1 is 1.60 bits per heavy atom. The third kappa shape index (κ3) is 3.31. The molecule has 0 aromatic rings. The summed E-state index contributed by atoms with van der Waals surface area (Å²) in [6.07, 6.45) is 4.71. The number of nitrogens with one attached hydrogen (secondary N) is 2. The highest BCUT2D eigenvalue weighted by atomic mass is 16.5. The number of carbonyl (C=O) groups is 2. The van der Waals surface area contributed by atoms with Crippen LogP contribution in [0.15, 0.2) is 33.9 Å². The zero-order valence-electron chi connectivity index (χ0n) is 11.3. The van der Waals surface area contributed by atoms with Crippen molar-refractivity contribution < 1.29 is 14.3 Å². The van der Waals surface area contributed by atoms with Crippen LogP contribution in [-0.2, 0) is 14.3 Å². The quantitative estimate of drug-likeness (QED) is 0.428. The number of allylic oxidation sites excluding steroid dienone is 3. The van der Waals surface area contributed by atoms with Gasteiger partial charge in [-0.3, -0.25) is 15.0 Å². The molecule has 2 rings (SSSR count). The zero-order valence-corrected chi connectivity index (χ0v) is 11.3. The van der Waals surface area contributed by atoms with Crippen molar-refractivity contribution in [1.29, 1.82) is 0 Å². The first kappa shape index (κ1) is 14.0. The Morgan fingerprint density at radius 3 is 3.15 bits per heavy atom. The number of nitrogens with zero attached hydrogens (tertiary/aromatic N) is 2. The van der Waals surface area contributed by atoms with Crippen LogP contribution in [0.2, 0.25) is 0 Å². The second-order valence-electron chi connectivity index (χ2n) is 4.29. The van der Waals surface area contributed by atoms with Gasteiger partial charge in [0.2, 0.25) is 6.29 Å². The van der Waals surface area contributed by atoms with E-state index in [1.165, 1.54) is 0 Å². The molecule has 7 heteroatoms. The highest BCUT2D eigenvalue weighted by Gasteiger charge is 2.25. The Hall–Kier alpha value is -2.44. The van der Waals surface area contributed by atoms with Crippen LogP contribution in [0.4, 0.5) is 0 Å². The van der Waals surface area contributed by atoms with Crippen LogP contribution in [-0.4, -0.2) is 36.2 Å². The number of carbonyl (C=O) groups excluding carboxylic acids is 2. The van der Waals surface area contributed by atoms with Gasteiger partial charge in [-0.15, -0.1) is 0 Å². The molecule has 2 N–H and O–H groups in total. The third-order valence-corrected chi connectivity index (χ3v) is 2.66. The van der Waals surface area contributed by atoms with E-state index in [0.717, 1.165) is 0 Å². The average Bonchev–Trinajstić information content (AvgIpc) is 2.85. The summed E-state index contributed by atoms with van der Waals surface area (Å²) in [4.78, 5) is 27.3. The van der Waals surface area contributed by atoms with Gasteiger partial charge in [0, 0.05) is 5.71 Å². The number of hydrogen-bond donors (Lipinski definition) is 2. The fraction of sp³-hybridized carbons (Fsp3) is 0.385. The number of aliphatic imine (C=N–C) groups is 1. The highest BCUT2D eigenvalue weighted by Crippen LogP contribution is 2.13. The summed E-state index contributed by atoms with van der Waals surface area (Å²) < 4.78 is 4.82. The minimum absolute atomic E-state index is 0.100. The summed E-state index contributed by atoms with van der Waals surface area (Å²) in [6, 6.07) is 0. The Bertz CT molecular complexity index is 546. The lowest BCUT2D eigenvalue weighted by atomic mass is 10.1. The molecule has 106 valence electrons. The van der Waals surface area contributed by atoms with Crippen LogP contribution in [0.3, 0.4) is 0 Å². The second kappa shape index (κ2) is 6.14. The summed E-state index contributed by atoms with van der Waals surface area (Å²) in [5.74, 6) is -0.533. The molecule has 0 saturated heterocycles. The van der Waals surface area contributed by atoms with Gasteiger partial charge in [0.25, 0.3) is 5.91 Å². The first-order chi connectivity index (χ1) is 9.60. The molecule has 0 aromatic heterocycles. The monoisotopic (exact) mass is 276 g/mol. The van der Waals surface area contributed by atoms with Crippen molar-refractivity contribution >= 4 is 23.3 Å². The van der Waals surface area contributed by atoms with Gasteiger partial charge in [0.1, 0.15) is 0 Å². The summed E-state index contributed by atoms with van der Waals surface area (Å²) >= 11 is 0. The van der Waals surface area contributed by atoms with Crippen molar-refractivity contribution in [2.24, 2.45) is 10.1 Å². The van der Waals surface area contributed by atoms with E-state index >= 15 is 0 Å². The molecular formula is C13H16N4O3. The van der Waals surface area contributed by atoms with E-state index < -0.39 is 6.29 Å². The molecule has 7 nitrogen and oxygen atoms in total. The summed E-state index contributed by atoms with van der Waals surface area (Å²) in [6.45, 7) is 3.78. The smallest absolute Gasteiger partial charge is 0.311 e. The lowest BCUT2D eigenvalue weighted by Crippen LogP contribution is -2.47. The van der Waals surface area contributed by atoms with Gasteiger partial charge in [0.15, 0.2) is 0 Å². The molecule has 0 spiro atoms. The summed E-state index contributed by atoms with van der Waals surface area (Å²) in [5, 5.41) is 6.67.